The first-order chi connectivity index (χ1) is 14.1. The zero-order valence-corrected chi connectivity index (χ0v) is 16.1. The molecule has 2 aromatic carbocycles. The van der Waals surface area contributed by atoms with Crippen LogP contribution in [0.5, 0.6) is 0 Å². The number of hydrogen-bond acceptors (Lipinski definition) is 5. The minimum absolute atomic E-state index is 0.159. The van der Waals surface area contributed by atoms with Crippen molar-refractivity contribution in [2.24, 2.45) is 10.9 Å². The standard InChI is InChI=1S/C22H20N4O3/c1-28-22(27)19-12-15-10-11-18(20(23)25-29-2)24-21(15)26(19)13-16-8-5-7-14-6-3-4-9-17(14)16/h3-12H,13H2,1-2H3,(H2,23,25). The van der Waals surface area contributed by atoms with Gasteiger partial charge in [0.05, 0.1) is 13.7 Å². The zero-order valence-electron chi connectivity index (χ0n) is 16.1. The van der Waals surface area contributed by atoms with Crippen molar-refractivity contribution in [1.82, 2.24) is 9.55 Å². The molecule has 29 heavy (non-hydrogen) atoms. The van der Waals surface area contributed by atoms with Crippen LogP contribution in [-0.4, -0.2) is 35.6 Å². The number of hydrogen-bond donors (Lipinski definition) is 1. The topological polar surface area (TPSA) is 91.7 Å². The SMILES string of the molecule is CO/N=C(\N)c1ccc2cc(C(=O)OC)n(Cc3cccc4ccccc34)c2n1. The van der Waals surface area contributed by atoms with E-state index in [2.05, 4.69) is 28.3 Å². The number of carbonyl (C=O) groups is 1. The molecule has 0 saturated heterocycles. The number of fused-ring (bicyclic) bond motifs is 2. The van der Waals surface area contributed by atoms with E-state index in [1.165, 1.54) is 14.2 Å². The highest BCUT2D eigenvalue weighted by molar-refractivity contribution is 5.99. The van der Waals surface area contributed by atoms with Crippen molar-refractivity contribution in [3.8, 4) is 0 Å². The van der Waals surface area contributed by atoms with Crippen molar-refractivity contribution in [2.75, 3.05) is 14.2 Å². The molecular formula is C22H20N4O3. The minimum Gasteiger partial charge on any atom is -0.464 e. The summed E-state index contributed by atoms with van der Waals surface area (Å²) in [5.74, 6) is -0.268. The van der Waals surface area contributed by atoms with Gasteiger partial charge in [-0.05, 0) is 34.5 Å². The Morgan fingerprint density at radius 2 is 1.86 bits per heavy atom. The van der Waals surface area contributed by atoms with Gasteiger partial charge >= 0.3 is 5.97 Å². The molecule has 0 amide bonds. The highest BCUT2D eigenvalue weighted by atomic mass is 16.6. The maximum atomic E-state index is 12.4. The quantitative estimate of drug-likeness (QED) is 0.245. The molecule has 146 valence electrons. The van der Waals surface area contributed by atoms with Gasteiger partial charge in [0.2, 0.25) is 0 Å². The van der Waals surface area contributed by atoms with E-state index in [1.54, 1.807) is 12.1 Å². The first-order valence-electron chi connectivity index (χ1n) is 9.04. The van der Waals surface area contributed by atoms with E-state index in [0.29, 0.717) is 23.6 Å². The number of benzene rings is 2. The number of ether oxygens (including phenoxy) is 1. The average molecular weight is 388 g/mol. The van der Waals surface area contributed by atoms with Gasteiger partial charge in [-0.2, -0.15) is 0 Å². The van der Waals surface area contributed by atoms with Crippen LogP contribution in [-0.2, 0) is 16.1 Å². The fraction of sp³-hybridized carbons (Fsp3) is 0.136. The van der Waals surface area contributed by atoms with Crippen molar-refractivity contribution >= 4 is 33.6 Å². The highest BCUT2D eigenvalue weighted by Gasteiger charge is 2.19. The normalized spacial score (nSPS) is 11.7. The second kappa shape index (κ2) is 7.63. The smallest absolute Gasteiger partial charge is 0.354 e. The number of carbonyl (C=O) groups excluding carboxylic acids is 1. The lowest BCUT2D eigenvalue weighted by Crippen LogP contribution is -2.16. The maximum absolute atomic E-state index is 12.4. The molecule has 4 rings (SSSR count). The summed E-state index contributed by atoms with van der Waals surface area (Å²) in [5, 5.41) is 6.80. The van der Waals surface area contributed by atoms with Crippen LogP contribution in [0, 0.1) is 0 Å². The minimum atomic E-state index is -0.427. The number of esters is 1. The lowest BCUT2D eigenvalue weighted by atomic mass is 10.0. The first kappa shape index (κ1) is 18.5. The predicted molar refractivity (Wildman–Crippen MR) is 112 cm³/mol. The summed E-state index contributed by atoms with van der Waals surface area (Å²) in [6, 6.07) is 19.6. The number of pyridine rings is 1. The molecular weight excluding hydrogens is 368 g/mol. The molecule has 0 fully saturated rings. The van der Waals surface area contributed by atoms with Gasteiger partial charge in [-0.1, -0.05) is 47.6 Å². The van der Waals surface area contributed by atoms with Gasteiger partial charge in [0.1, 0.15) is 24.1 Å². The maximum Gasteiger partial charge on any atom is 0.354 e. The molecule has 7 nitrogen and oxygen atoms in total. The van der Waals surface area contributed by atoms with E-state index >= 15 is 0 Å². The first-order valence-corrected chi connectivity index (χ1v) is 9.04. The van der Waals surface area contributed by atoms with Crippen LogP contribution < -0.4 is 5.73 Å². The monoisotopic (exact) mass is 388 g/mol. The lowest BCUT2D eigenvalue weighted by Gasteiger charge is -2.12. The van der Waals surface area contributed by atoms with Crippen LogP contribution in [0.1, 0.15) is 21.7 Å². The summed E-state index contributed by atoms with van der Waals surface area (Å²) >= 11 is 0. The number of methoxy groups -OCH3 is 1. The van der Waals surface area contributed by atoms with Crippen molar-refractivity contribution in [1.29, 1.82) is 0 Å². The van der Waals surface area contributed by atoms with E-state index in [0.717, 1.165) is 21.7 Å². The van der Waals surface area contributed by atoms with E-state index in [-0.39, 0.29) is 5.84 Å². The molecule has 0 bridgehead atoms. The van der Waals surface area contributed by atoms with Crippen LogP contribution in [0.4, 0.5) is 0 Å². The van der Waals surface area contributed by atoms with Gasteiger partial charge in [0.15, 0.2) is 5.84 Å². The Balaban J connectivity index is 1.91. The van der Waals surface area contributed by atoms with Crippen molar-refractivity contribution < 1.29 is 14.4 Å². The number of rotatable bonds is 5. The third-order valence-corrected chi connectivity index (χ3v) is 4.80. The van der Waals surface area contributed by atoms with Crippen LogP contribution in [0.3, 0.4) is 0 Å². The Kier molecular flexibility index (Phi) is 4.87. The average Bonchev–Trinajstić information content (AvgIpc) is 3.11. The van der Waals surface area contributed by atoms with E-state index in [9.17, 15) is 4.79 Å². The second-order valence-electron chi connectivity index (χ2n) is 6.51. The molecule has 0 atom stereocenters. The van der Waals surface area contributed by atoms with Gasteiger partial charge in [-0.3, -0.25) is 0 Å². The third kappa shape index (κ3) is 3.38. The lowest BCUT2D eigenvalue weighted by molar-refractivity contribution is 0.0589. The molecule has 0 saturated carbocycles. The molecule has 0 aliphatic carbocycles. The van der Waals surface area contributed by atoms with Gasteiger partial charge in [-0.25, -0.2) is 9.78 Å². The Bertz CT molecular complexity index is 1240. The summed E-state index contributed by atoms with van der Waals surface area (Å²) in [4.78, 5) is 21.8. The summed E-state index contributed by atoms with van der Waals surface area (Å²) < 4.78 is 6.83. The van der Waals surface area contributed by atoms with Gasteiger partial charge in [0.25, 0.3) is 0 Å². The molecule has 0 radical (unpaired) electrons. The van der Waals surface area contributed by atoms with Gasteiger partial charge < -0.3 is 19.9 Å². The Labute approximate surface area is 167 Å². The molecule has 0 aliphatic heterocycles. The van der Waals surface area contributed by atoms with Crippen LogP contribution in [0.2, 0.25) is 0 Å². The summed E-state index contributed by atoms with van der Waals surface area (Å²) in [6.45, 7) is 0.451. The Morgan fingerprint density at radius 3 is 2.66 bits per heavy atom. The molecule has 7 heteroatoms. The molecule has 2 N–H and O–H groups in total. The van der Waals surface area contributed by atoms with Crippen LogP contribution >= 0.6 is 0 Å². The Morgan fingerprint density at radius 1 is 1.07 bits per heavy atom. The van der Waals surface area contributed by atoms with E-state index in [4.69, 9.17) is 15.3 Å². The molecule has 0 aliphatic rings. The van der Waals surface area contributed by atoms with E-state index in [1.807, 2.05) is 34.9 Å². The zero-order chi connectivity index (χ0) is 20.4. The number of nitrogens with zero attached hydrogens (tertiary/aromatic N) is 3. The van der Waals surface area contributed by atoms with Gasteiger partial charge in [0, 0.05) is 5.39 Å². The third-order valence-electron chi connectivity index (χ3n) is 4.80. The highest BCUT2D eigenvalue weighted by Crippen LogP contribution is 2.25. The number of amidine groups is 1. The molecule has 0 spiro atoms. The van der Waals surface area contributed by atoms with Gasteiger partial charge in [-0.15, -0.1) is 0 Å². The van der Waals surface area contributed by atoms with Crippen molar-refractivity contribution in [3.05, 3.63) is 77.6 Å². The molecule has 2 heterocycles. The molecule has 0 unspecified atom stereocenters. The summed E-state index contributed by atoms with van der Waals surface area (Å²) in [7, 11) is 2.79. The molecule has 4 aromatic rings. The van der Waals surface area contributed by atoms with Crippen molar-refractivity contribution in [2.45, 2.75) is 6.54 Å². The molecule has 2 aromatic heterocycles. The van der Waals surface area contributed by atoms with Crippen LogP contribution in [0.15, 0.2) is 65.8 Å². The summed E-state index contributed by atoms with van der Waals surface area (Å²) in [5.41, 5.74) is 8.49. The van der Waals surface area contributed by atoms with Crippen molar-refractivity contribution in [3.63, 3.8) is 0 Å². The number of aromatic nitrogens is 2. The van der Waals surface area contributed by atoms with E-state index < -0.39 is 5.97 Å². The number of nitrogens with two attached hydrogens (primary N) is 1. The largest absolute Gasteiger partial charge is 0.464 e. The van der Waals surface area contributed by atoms with Crippen LogP contribution in [0.25, 0.3) is 21.8 Å². The number of oxime groups is 1. The fourth-order valence-electron chi connectivity index (χ4n) is 3.45. The predicted octanol–water partition coefficient (Wildman–Crippen LogP) is 3.29. The fourth-order valence-corrected chi connectivity index (χ4v) is 3.45. The summed E-state index contributed by atoms with van der Waals surface area (Å²) in [6.07, 6.45) is 0. The second-order valence-corrected chi connectivity index (χ2v) is 6.51. The Hall–Kier alpha value is -3.87.